The van der Waals surface area contributed by atoms with Gasteiger partial charge in [-0.05, 0) is 34.5 Å². The van der Waals surface area contributed by atoms with E-state index in [0.29, 0.717) is 0 Å². The van der Waals surface area contributed by atoms with Crippen LogP contribution in [0.2, 0.25) is 0 Å². The van der Waals surface area contributed by atoms with Crippen LogP contribution in [-0.4, -0.2) is 23.0 Å². The molecule has 0 bridgehead atoms. The van der Waals surface area contributed by atoms with Gasteiger partial charge < -0.3 is 10.4 Å². The van der Waals surface area contributed by atoms with Gasteiger partial charge in [0.15, 0.2) is 0 Å². The van der Waals surface area contributed by atoms with Gasteiger partial charge >= 0.3 is 5.97 Å². The number of carboxylic acids is 1. The van der Waals surface area contributed by atoms with Crippen molar-refractivity contribution in [3.05, 3.63) is 34.1 Å². The van der Waals surface area contributed by atoms with Crippen LogP contribution in [-0.2, 0) is 4.79 Å². The van der Waals surface area contributed by atoms with E-state index in [-0.39, 0.29) is 16.5 Å². The van der Waals surface area contributed by atoms with Gasteiger partial charge in [0.1, 0.15) is 11.9 Å². The lowest BCUT2D eigenvalue weighted by Gasteiger charge is -2.13. The van der Waals surface area contributed by atoms with Gasteiger partial charge in [0.2, 0.25) is 0 Å². The minimum Gasteiger partial charge on any atom is -0.480 e. The molecule has 1 aromatic carbocycles. The van der Waals surface area contributed by atoms with Gasteiger partial charge in [-0.3, -0.25) is 4.79 Å². The van der Waals surface area contributed by atoms with Crippen molar-refractivity contribution in [2.45, 2.75) is 19.4 Å². The second-order valence-corrected chi connectivity index (χ2v) is 4.22. The Bertz CT molecular complexity index is 430. The minimum absolute atomic E-state index is 0.188. The molecule has 2 N–H and O–H groups in total. The Morgan fingerprint density at radius 1 is 1.53 bits per heavy atom. The van der Waals surface area contributed by atoms with Crippen molar-refractivity contribution < 1.29 is 19.1 Å². The molecule has 0 aliphatic carbocycles. The third-order valence-electron chi connectivity index (χ3n) is 2.20. The molecule has 1 amide bonds. The summed E-state index contributed by atoms with van der Waals surface area (Å²) in [6.07, 6.45) is 0.229. The van der Waals surface area contributed by atoms with E-state index in [1.807, 2.05) is 0 Å². The highest BCUT2D eigenvalue weighted by molar-refractivity contribution is 9.10. The molecular weight excluding hydrogens is 293 g/mol. The van der Waals surface area contributed by atoms with Gasteiger partial charge in [-0.25, -0.2) is 9.18 Å². The normalized spacial score (nSPS) is 11.9. The molecule has 0 aliphatic heterocycles. The van der Waals surface area contributed by atoms with E-state index < -0.39 is 23.7 Å². The number of carboxylic acid groups (broad SMARTS) is 1. The van der Waals surface area contributed by atoms with Gasteiger partial charge in [-0.15, -0.1) is 0 Å². The van der Waals surface area contributed by atoms with Crippen LogP contribution in [0.4, 0.5) is 4.39 Å². The number of benzene rings is 1. The minimum atomic E-state index is -1.15. The van der Waals surface area contributed by atoms with Crippen molar-refractivity contribution >= 4 is 27.8 Å². The third-order valence-corrected chi connectivity index (χ3v) is 2.86. The number of hydrogen-bond acceptors (Lipinski definition) is 2. The van der Waals surface area contributed by atoms with Crippen molar-refractivity contribution in [2.24, 2.45) is 0 Å². The summed E-state index contributed by atoms with van der Waals surface area (Å²) in [5.41, 5.74) is -0.188. The van der Waals surface area contributed by atoms with Crippen LogP contribution < -0.4 is 5.32 Å². The monoisotopic (exact) mass is 303 g/mol. The lowest BCUT2D eigenvalue weighted by atomic mass is 10.1. The van der Waals surface area contributed by atoms with Gasteiger partial charge in [0, 0.05) is 4.47 Å². The number of aliphatic carboxylic acids is 1. The highest BCUT2D eigenvalue weighted by Crippen LogP contribution is 2.19. The van der Waals surface area contributed by atoms with Gasteiger partial charge in [-0.2, -0.15) is 0 Å². The Hall–Kier alpha value is -1.43. The molecule has 1 unspecified atom stereocenters. The maximum Gasteiger partial charge on any atom is 0.326 e. The van der Waals surface area contributed by atoms with E-state index in [1.165, 1.54) is 12.1 Å². The molecule has 0 aliphatic rings. The average molecular weight is 304 g/mol. The summed E-state index contributed by atoms with van der Waals surface area (Å²) in [5, 5.41) is 11.0. The van der Waals surface area contributed by atoms with E-state index in [2.05, 4.69) is 21.2 Å². The summed E-state index contributed by atoms with van der Waals surface area (Å²) in [6.45, 7) is 1.62. The molecule has 4 nitrogen and oxygen atoms in total. The molecule has 0 saturated heterocycles. The standard InChI is InChI=1S/C11H11BrFNO3/c1-2-8(11(16)17)14-10(15)9-6(12)4-3-5-7(9)13/h3-5,8H,2H2,1H3,(H,14,15)(H,16,17). The molecule has 0 radical (unpaired) electrons. The first-order chi connectivity index (χ1) is 7.97. The summed E-state index contributed by atoms with van der Waals surface area (Å²) < 4.78 is 13.7. The average Bonchev–Trinajstić information content (AvgIpc) is 2.25. The first-order valence-corrected chi connectivity index (χ1v) is 5.74. The van der Waals surface area contributed by atoms with Crippen LogP contribution in [0.5, 0.6) is 0 Å². The molecule has 6 heteroatoms. The number of carbonyl (C=O) groups is 2. The summed E-state index contributed by atoms with van der Waals surface area (Å²) >= 11 is 3.05. The Balaban J connectivity index is 2.94. The van der Waals surface area contributed by atoms with Crippen LogP contribution in [0.15, 0.2) is 22.7 Å². The zero-order valence-electron chi connectivity index (χ0n) is 9.04. The predicted octanol–water partition coefficient (Wildman–Crippen LogP) is 2.18. The molecule has 92 valence electrons. The Morgan fingerprint density at radius 2 is 2.18 bits per heavy atom. The van der Waals surface area contributed by atoms with Crippen molar-refractivity contribution in [2.75, 3.05) is 0 Å². The van der Waals surface area contributed by atoms with Crippen molar-refractivity contribution in [1.29, 1.82) is 0 Å². The van der Waals surface area contributed by atoms with Crippen molar-refractivity contribution in [3.63, 3.8) is 0 Å². The Kier molecular flexibility index (Phi) is 4.62. The Morgan fingerprint density at radius 3 is 2.65 bits per heavy atom. The van der Waals surface area contributed by atoms with E-state index in [0.717, 1.165) is 6.07 Å². The van der Waals surface area contributed by atoms with Crippen LogP contribution >= 0.6 is 15.9 Å². The first kappa shape index (κ1) is 13.6. The molecule has 17 heavy (non-hydrogen) atoms. The molecule has 0 fully saturated rings. The number of amides is 1. The fourth-order valence-electron chi connectivity index (χ4n) is 1.28. The smallest absolute Gasteiger partial charge is 0.326 e. The molecule has 0 heterocycles. The topological polar surface area (TPSA) is 66.4 Å². The van der Waals surface area contributed by atoms with Gasteiger partial charge in [0.25, 0.3) is 5.91 Å². The maximum atomic E-state index is 13.4. The van der Waals surface area contributed by atoms with Gasteiger partial charge in [-0.1, -0.05) is 13.0 Å². The quantitative estimate of drug-likeness (QED) is 0.896. The third kappa shape index (κ3) is 3.26. The number of rotatable bonds is 4. The number of carbonyl (C=O) groups excluding carboxylic acids is 1. The fraction of sp³-hybridized carbons (Fsp3) is 0.273. The van der Waals surface area contributed by atoms with E-state index in [1.54, 1.807) is 6.92 Å². The van der Waals surface area contributed by atoms with E-state index >= 15 is 0 Å². The number of hydrogen-bond donors (Lipinski definition) is 2. The largest absolute Gasteiger partial charge is 0.480 e. The highest BCUT2D eigenvalue weighted by atomic mass is 79.9. The van der Waals surface area contributed by atoms with Crippen molar-refractivity contribution in [1.82, 2.24) is 5.32 Å². The Labute approximate surface area is 106 Å². The summed E-state index contributed by atoms with van der Waals surface area (Å²) in [6, 6.07) is 3.08. The van der Waals surface area contributed by atoms with Crippen LogP contribution in [0.3, 0.4) is 0 Å². The molecular formula is C11H11BrFNO3. The molecule has 0 spiro atoms. The molecule has 1 atom stereocenters. The zero-order chi connectivity index (χ0) is 13.0. The van der Waals surface area contributed by atoms with Crippen LogP contribution in [0.25, 0.3) is 0 Å². The summed E-state index contributed by atoms with van der Waals surface area (Å²) in [4.78, 5) is 22.5. The second-order valence-electron chi connectivity index (χ2n) is 3.37. The zero-order valence-corrected chi connectivity index (χ0v) is 10.6. The van der Waals surface area contributed by atoms with E-state index in [9.17, 15) is 14.0 Å². The lowest BCUT2D eigenvalue weighted by molar-refractivity contribution is -0.139. The second kappa shape index (κ2) is 5.77. The molecule has 1 aromatic rings. The fourth-order valence-corrected chi connectivity index (χ4v) is 1.81. The lowest BCUT2D eigenvalue weighted by Crippen LogP contribution is -2.40. The summed E-state index contributed by atoms with van der Waals surface area (Å²) in [5.74, 6) is -2.59. The molecule has 0 saturated carbocycles. The maximum absolute atomic E-state index is 13.4. The predicted molar refractivity (Wildman–Crippen MR) is 63.3 cm³/mol. The number of halogens is 2. The molecule has 1 rings (SSSR count). The highest BCUT2D eigenvalue weighted by Gasteiger charge is 2.22. The number of nitrogens with one attached hydrogen (secondary N) is 1. The van der Waals surface area contributed by atoms with Gasteiger partial charge in [0.05, 0.1) is 5.56 Å². The van der Waals surface area contributed by atoms with Crippen molar-refractivity contribution in [3.8, 4) is 0 Å². The van der Waals surface area contributed by atoms with Crippen LogP contribution in [0, 0.1) is 5.82 Å². The summed E-state index contributed by atoms with van der Waals surface area (Å²) in [7, 11) is 0. The van der Waals surface area contributed by atoms with E-state index in [4.69, 9.17) is 5.11 Å². The molecule has 0 aromatic heterocycles. The van der Waals surface area contributed by atoms with Crippen LogP contribution in [0.1, 0.15) is 23.7 Å². The SMILES string of the molecule is CCC(NC(=O)c1c(F)cccc1Br)C(=O)O. The first-order valence-electron chi connectivity index (χ1n) is 4.95.